The molecule has 1 atom stereocenters. The summed E-state index contributed by atoms with van der Waals surface area (Å²) < 4.78 is 1.76. The quantitative estimate of drug-likeness (QED) is 0.697. The van der Waals surface area contributed by atoms with Crippen LogP contribution in [-0.2, 0) is 11.8 Å². The number of carbonyl (C=O) groups is 1. The van der Waals surface area contributed by atoms with E-state index in [0.717, 1.165) is 23.6 Å². The van der Waals surface area contributed by atoms with Gasteiger partial charge in [0.2, 0.25) is 5.91 Å². The number of nitrogens with one attached hydrogen (secondary N) is 2. The highest BCUT2D eigenvalue weighted by Gasteiger charge is 2.27. The van der Waals surface area contributed by atoms with E-state index in [1.165, 1.54) is 0 Å². The second-order valence-electron chi connectivity index (χ2n) is 3.53. The summed E-state index contributed by atoms with van der Waals surface area (Å²) in [5.41, 5.74) is 1.65. The van der Waals surface area contributed by atoms with Crippen molar-refractivity contribution in [3.8, 4) is 0 Å². The number of anilines is 2. The van der Waals surface area contributed by atoms with Crippen LogP contribution in [0, 0.1) is 6.92 Å². The maximum Gasteiger partial charge on any atom is 0.247 e. The largest absolute Gasteiger partial charge is 0.357 e. The molecule has 0 fully saturated rings. The fourth-order valence-corrected chi connectivity index (χ4v) is 1.70. The first kappa shape index (κ1) is 9.05. The molecule has 0 radical (unpaired) electrons. The average molecular weight is 194 g/mol. The third-order valence-electron chi connectivity index (χ3n) is 2.51. The van der Waals surface area contributed by atoms with Crippen molar-refractivity contribution in [1.29, 1.82) is 0 Å². The zero-order valence-electron chi connectivity index (χ0n) is 8.59. The Labute approximate surface area is 82.5 Å². The lowest BCUT2D eigenvalue weighted by Gasteiger charge is -2.23. The highest BCUT2D eigenvalue weighted by Crippen LogP contribution is 2.29. The Morgan fingerprint density at radius 3 is 2.93 bits per heavy atom. The average Bonchev–Trinajstić information content (AvgIpc) is 2.41. The number of hydrogen-bond acceptors (Lipinski definition) is 3. The van der Waals surface area contributed by atoms with Gasteiger partial charge in [-0.3, -0.25) is 9.48 Å². The highest BCUT2D eigenvalue weighted by molar-refractivity contribution is 6.02. The minimum atomic E-state index is -0.141. The molecule has 0 saturated heterocycles. The minimum Gasteiger partial charge on any atom is -0.357 e. The predicted molar refractivity (Wildman–Crippen MR) is 54.3 cm³/mol. The van der Waals surface area contributed by atoms with E-state index in [4.69, 9.17) is 0 Å². The summed E-state index contributed by atoms with van der Waals surface area (Å²) in [5, 5.41) is 10.3. The Balaban J connectivity index is 2.42. The summed E-state index contributed by atoms with van der Waals surface area (Å²) in [6.45, 7) is 3.86. The van der Waals surface area contributed by atoms with Crippen LogP contribution in [0.4, 0.5) is 11.5 Å². The lowest BCUT2D eigenvalue weighted by atomic mass is 10.1. The van der Waals surface area contributed by atoms with Crippen LogP contribution in [0.15, 0.2) is 0 Å². The Morgan fingerprint density at radius 1 is 1.57 bits per heavy atom. The van der Waals surface area contributed by atoms with Crippen molar-refractivity contribution in [1.82, 2.24) is 9.78 Å². The van der Waals surface area contributed by atoms with Gasteiger partial charge in [0.05, 0.1) is 5.69 Å². The number of aromatic nitrogens is 2. The van der Waals surface area contributed by atoms with Crippen LogP contribution in [0.2, 0.25) is 0 Å². The van der Waals surface area contributed by atoms with Gasteiger partial charge in [0, 0.05) is 7.05 Å². The monoisotopic (exact) mass is 194 g/mol. The number of fused-ring (bicyclic) bond motifs is 1. The second kappa shape index (κ2) is 3.01. The molecule has 0 spiro atoms. The fourth-order valence-electron chi connectivity index (χ4n) is 1.70. The van der Waals surface area contributed by atoms with Crippen molar-refractivity contribution < 1.29 is 4.79 Å². The van der Waals surface area contributed by atoms with Crippen LogP contribution in [0.5, 0.6) is 0 Å². The maximum absolute atomic E-state index is 11.5. The fraction of sp³-hybridized carbons (Fsp3) is 0.556. The molecule has 5 heteroatoms. The summed E-state index contributed by atoms with van der Waals surface area (Å²) in [6.07, 6.45) is 0.773. The van der Waals surface area contributed by atoms with Crippen LogP contribution in [0.25, 0.3) is 0 Å². The molecule has 5 nitrogen and oxygen atoms in total. The van der Waals surface area contributed by atoms with Crippen molar-refractivity contribution in [2.75, 3.05) is 10.6 Å². The molecule has 2 N–H and O–H groups in total. The van der Waals surface area contributed by atoms with Gasteiger partial charge in [-0.25, -0.2) is 0 Å². The summed E-state index contributed by atoms with van der Waals surface area (Å²) in [4.78, 5) is 11.5. The first-order valence-electron chi connectivity index (χ1n) is 4.74. The molecule has 1 amide bonds. The highest BCUT2D eigenvalue weighted by atomic mass is 16.2. The zero-order valence-corrected chi connectivity index (χ0v) is 8.59. The lowest BCUT2D eigenvalue weighted by molar-refractivity contribution is -0.117. The van der Waals surface area contributed by atoms with Crippen LogP contribution in [0.1, 0.15) is 19.0 Å². The van der Waals surface area contributed by atoms with Gasteiger partial charge < -0.3 is 10.6 Å². The zero-order chi connectivity index (χ0) is 10.3. The third-order valence-corrected chi connectivity index (χ3v) is 2.51. The molecule has 1 aliphatic heterocycles. The molecule has 0 bridgehead atoms. The van der Waals surface area contributed by atoms with Crippen molar-refractivity contribution in [3.05, 3.63) is 5.69 Å². The van der Waals surface area contributed by atoms with Gasteiger partial charge in [0.1, 0.15) is 17.5 Å². The molecule has 76 valence electrons. The molecule has 2 heterocycles. The van der Waals surface area contributed by atoms with Crippen LogP contribution < -0.4 is 10.6 Å². The number of carbonyl (C=O) groups excluding carboxylic acids is 1. The molecule has 1 aromatic rings. The van der Waals surface area contributed by atoms with Gasteiger partial charge in [-0.15, -0.1) is 0 Å². The second-order valence-corrected chi connectivity index (χ2v) is 3.53. The van der Waals surface area contributed by atoms with E-state index in [2.05, 4.69) is 15.7 Å². The molecule has 1 unspecified atom stereocenters. The Morgan fingerprint density at radius 2 is 2.29 bits per heavy atom. The summed E-state index contributed by atoms with van der Waals surface area (Å²) >= 11 is 0. The van der Waals surface area contributed by atoms with Crippen LogP contribution in [0.3, 0.4) is 0 Å². The van der Waals surface area contributed by atoms with Gasteiger partial charge in [-0.2, -0.15) is 5.10 Å². The van der Waals surface area contributed by atoms with E-state index >= 15 is 0 Å². The molecular weight excluding hydrogens is 180 g/mol. The van der Waals surface area contributed by atoms with Crippen molar-refractivity contribution in [3.63, 3.8) is 0 Å². The van der Waals surface area contributed by atoms with Gasteiger partial charge in [0.15, 0.2) is 0 Å². The van der Waals surface area contributed by atoms with E-state index in [1.807, 2.05) is 20.9 Å². The number of amides is 1. The Kier molecular flexibility index (Phi) is 1.94. The molecule has 1 aromatic heterocycles. The van der Waals surface area contributed by atoms with Gasteiger partial charge >= 0.3 is 0 Å². The summed E-state index contributed by atoms with van der Waals surface area (Å²) in [5.74, 6) is 0.921. The topological polar surface area (TPSA) is 59.0 Å². The maximum atomic E-state index is 11.5. The lowest BCUT2D eigenvalue weighted by Crippen LogP contribution is -2.38. The van der Waals surface area contributed by atoms with E-state index in [1.54, 1.807) is 4.68 Å². The summed E-state index contributed by atoms with van der Waals surface area (Å²) in [6, 6.07) is -0.141. The predicted octanol–water partition coefficient (Wildman–Crippen LogP) is 0.871. The first-order chi connectivity index (χ1) is 6.63. The molecule has 0 aromatic carbocycles. The van der Waals surface area contributed by atoms with Gasteiger partial charge in [0.25, 0.3) is 0 Å². The molecule has 0 aliphatic carbocycles. The van der Waals surface area contributed by atoms with E-state index in [-0.39, 0.29) is 11.9 Å². The van der Waals surface area contributed by atoms with E-state index < -0.39 is 0 Å². The summed E-state index contributed by atoms with van der Waals surface area (Å²) in [7, 11) is 1.86. The van der Waals surface area contributed by atoms with Gasteiger partial charge in [-0.05, 0) is 13.3 Å². The van der Waals surface area contributed by atoms with Crippen LogP contribution in [-0.4, -0.2) is 21.7 Å². The number of aryl methyl sites for hydroxylation is 2. The van der Waals surface area contributed by atoms with Crippen LogP contribution >= 0.6 is 0 Å². The van der Waals surface area contributed by atoms with E-state index in [9.17, 15) is 4.79 Å². The molecule has 1 aliphatic rings. The van der Waals surface area contributed by atoms with Crippen molar-refractivity contribution >= 4 is 17.4 Å². The third kappa shape index (κ3) is 1.16. The van der Waals surface area contributed by atoms with E-state index in [0.29, 0.717) is 0 Å². The standard InChI is InChI=1S/C9H14N4O/c1-4-6-9(14)11-7-5(2)12-13(3)8(7)10-6/h6,10H,4H2,1-3H3,(H,11,14). The van der Waals surface area contributed by atoms with Crippen molar-refractivity contribution in [2.24, 2.45) is 7.05 Å². The first-order valence-corrected chi connectivity index (χ1v) is 4.74. The number of nitrogens with zero attached hydrogens (tertiary/aromatic N) is 2. The molecule has 14 heavy (non-hydrogen) atoms. The molecular formula is C9H14N4O. The normalized spacial score (nSPS) is 19.9. The minimum absolute atomic E-state index is 0.0242. The molecule has 2 rings (SSSR count). The number of hydrogen-bond donors (Lipinski definition) is 2. The Bertz CT molecular complexity index is 382. The number of rotatable bonds is 1. The smallest absolute Gasteiger partial charge is 0.247 e. The van der Waals surface area contributed by atoms with Gasteiger partial charge in [-0.1, -0.05) is 6.92 Å². The Hall–Kier alpha value is -1.52. The SMILES string of the molecule is CCC1Nc2c(c(C)nn2C)NC1=O. The van der Waals surface area contributed by atoms with Crippen molar-refractivity contribution in [2.45, 2.75) is 26.3 Å². The molecule has 0 saturated carbocycles.